The first-order valence-electron chi connectivity index (χ1n) is 5.90. The molecule has 0 aromatic heterocycles. The first kappa shape index (κ1) is 15.2. The zero-order chi connectivity index (χ0) is 12.9. The Morgan fingerprint density at radius 2 is 2.12 bits per heavy atom. The van der Waals surface area contributed by atoms with Gasteiger partial charge in [-0.25, -0.2) is 8.42 Å². The van der Waals surface area contributed by atoms with E-state index in [1.807, 2.05) is 13.8 Å². The van der Waals surface area contributed by atoms with Crippen LogP contribution in [-0.4, -0.2) is 40.1 Å². The molecule has 0 amide bonds. The molecule has 1 aliphatic rings. The minimum atomic E-state index is -3.48. The largest absolute Gasteiger partial charge is 0.378 e. The molecule has 1 saturated heterocycles. The van der Waals surface area contributed by atoms with Crippen molar-refractivity contribution in [2.24, 2.45) is 5.41 Å². The molecule has 1 atom stereocenters. The number of hydrogen-bond acceptors (Lipinski definition) is 4. The van der Waals surface area contributed by atoms with Gasteiger partial charge in [-0.15, -0.1) is 0 Å². The number of ether oxygens (including phenoxy) is 2. The van der Waals surface area contributed by atoms with Crippen LogP contribution in [0, 0.1) is 5.41 Å². The van der Waals surface area contributed by atoms with Gasteiger partial charge in [-0.3, -0.25) is 0 Å². The van der Waals surface area contributed by atoms with Crippen LogP contribution in [0.15, 0.2) is 0 Å². The third-order valence-electron chi connectivity index (χ3n) is 2.63. The van der Waals surface area contributed by atoms with E-state index in [-0.39, 0.29) is 11.9 Å². The van der Waals surface area contributed by atoms with Crippen LogP contribution in [-0.2, 0) is 18.5 Å². The van der Waals surface area contributed by atoms with Crippen molar-refractivity contribution < 1.29 is 17.9 Å². The molecule has 0 N–H and O–H groups in total. The lowest BCUT2D eigenvalue weighted by Crippen LogP contribution is -2.30. The van der Waals surface area contributed by atoms with E-state index in [1.165, 1.54) is 6.42 Å². The Bertz CT molecular complexity index is 320. The lowest BCUT2D eigenvalue weighted by Gasteiger charge is -2.26. The van der Waals surface area contributed by atoms with Gasteiger partial charge in [-0.2, -0.15) is 0 Å². The Morgan fingerprint density at radius 1 is 1.41 bits per heavy atom. The summed E-state index contributed by atoms with van der Waals surface area (Å²) in [5, 5.41) is 0. The highest BCUT2D eigenvalue weighted by Gasteiger charge is 2.26. The quantitative estimate of drug-likeness (QED) is 0.702. The summed E-state index contributed by atoms with van der Waals surface area (Å²) in [6, 6.07) is 0. The van der Waals surface area contributed by atoms with Gasteiger partial charge < -0.3 is 9.47 Å². The van der Waals surface area contributed by atoms with Crippen molar-refractivity contribution in [1.29, 1.82) is 0 Å². The van der Waals surface area contributed by atoms with E-state index >= 15 is 0 Å². The number of hydrogen-bond donors (Lipinski definition) is 0. The van der Waals surface area contributed by atoms with Crippen molar-refractivity contribution in [3.8, 4) is 0 Å². The van der Waals surface area contributed by atoms with Crippen molar-refractivity contribution in [3.63, 3.8) is 0 Å². The fraction of sp³-hybridized carbons (Fsp3) is 1.00. The Hall–Kier alpha value is 0.160. The molecule has 1 heterocycles. The summed E-state index contributed by atoms with van der Waals surface area (Å²) in [4.78, 5) is 0. The van der Waals surface area contributed by atoms with Crippen molar-refractivity contribution >= 4 is 19.7 Å². The summed E-state index contributed by atoms with van der Waals surface area (Å²) >= 11 is 0. The van der Waals surface area contributed by atoms with Crippen LogP contribution in [0.25, 0.3) is 0 Å². The molecule has 0 radical (unpaired) electrons. The summed E-state index contributed by atoms with van der Waals surface area (Å²) in [6.07, 6.45) is 3.47. The number of rotatable bonds is 6. The van der Waals surface area contributed by atoms with E-state index < -0.39 is 14.5 Å². The van der Waals surface area contributed by atoms with E-state index in [2.05, 4.69) is 0 Å². The molecular formula is C11H21ClO4S. The predicted octanol–water partition coefficient (Wildman–Crippen LogP) is 2.17. The van der Waals surface area contributed by atoms with Crippen LogP contribution in [0.3, 0.4) is 0 Å². The maximum atomic E-state index is 11.0. The first-order chi connectivity index (χ1) is 7.79. The van der Waals surface area contributed by atoms with Crippen LogP contribution in [0.4, 0.5) is 0 Å². The molecule has 1 rings (SSSR count). The highest BCUT2D eigenvalue weighted by atomic mass is 35.7. The Kier molecular flexibility index (Phi) is 5.70. The fourth-order valence-corrected chi connectivity index (χ4v) is 3.82. The zero-order valence-electron chi connectivity index (χ0n) is 10.4. The van der Waals surface area contributed by atoms with E-state index in [1.54, 1.807) is 0 Å². The molecule has 0 aromatic rings. The topological polar surface area (TPSA) is 52.6 Å². The first-order valence-corrected chi connectivity index (χ1v) is 8.38. The van der Waals surface area contributed by atoms with E-state index in [9.17, 15) is 8.42 Å². The standard InChI is InChI=1S/C11H21ClO4S/c1-11(2,9-17(12,13)14)8-15-7-10-5-3-4-6-16-10/h10H,3-9H2,1-2H3. The summed E-state index contributed by atoms with van der Waals surface area (Å²) in [7, 11) is 1.76. The lowest BCUT2D eigenvalue weighted by atomic mass is 9.98. The van der Waals surface area contributed by atoms with Crippen molar-refractivity contribution in [1.82, 2.24) is 0 Å². The minimum Gasteiger partial charge on any atom is -0.378 e. The van der Waals surface area contributed by atoms with E-state index in [4.69, 9.17) is 20.2 Å². The molecule has 1 fully saturated rings. The molecule has 0 aliphatic carbocycles. The van der Waals surface area contributed by atoms with Gasteiger partial charge >= 0.3 is 0 Å². The van der Waals surface area contributed by atoms with Gasteiger partial charge in [-0.1, -0.05) is 13.8 Å². The van der Waals surface area contributed by atoms with Gasteiger partial charge in [0.1, 0.15) is 0 Å². The minimum absolute atomic E-state index is 0.0763. The molecule has 0 spiro atoms. The normalized spacial score (nSPS) is 22.6. The van der Waals surface area contributed by atoms with Crippen molar-refractivity contribution in [2.75, 3.05) is 25.6 Å². The van der Waals surface area contributed by atoms with Crippen molar-refractivity contribution in [3.05, 3.63) is 0 Å². The summed E-state index contributed by atoms with van der Waals surface area (Å²) in [5.74, 6) is -0.0763. The lowest BCUT2D eigenvalue weighted by molar-refractivity contribution is -0.0525. The van der Waals surface area contributed by atoms with Gasteiger partial charge in [-0.05, 0) is 19.3 Å². The molecule has 0 saturated carbocycles. The third-order valence-corrected chi connectivity index (χ3v) is 4.09. The van der Waals surface area contributed by atoms with Crippen molar-refractivity contribution in [2.45, 2.75) is 39.2 Å². The Balaban J connectivity index is 2.24. The summed E-state index contributed by atoms with van der Waals surface area (Å²) < 4.78 is 33.1. The van der Waals surface area contributed by atoms with E-state index in [0.717, 1.165) is 19.4 Å². The molecule has 4 nitrogen and oxygen atoms in total. The molecular weight excluding hydrogens is 264 g/mol. The maximum Gasteiger partial charge on any atom is 0.233 e. The second-order valence-corrected chi connectivity index (χ2v) is 8.13. The SMILES string of the molecule is CC(C)(COCC1CCCCO1)CS(=O)(=O)Cl. The third kappa shape index (κ3) is 7.24. The van der Waals surface area contributed by atoms with Gasteiger partial charge in [0.25, 0.3) is 0 Å². The Labute approximate surface area is 108 Å². The highest BCUT2D eigenvalue weighted by Crippen LogP contribution is 2.21. The predicted molar refractivity (Wildman–Crippen MR) is 67.8 cm³/mol. The van der Waals surface area contributed by atoms with Crippen LogP contribution < -0.4 is 0 Å². The van der Waals surface area contributed by atoms with Gasteiger partial charge in [0.05, 0.1) is 25.1 Å². The molecule has 0 bridgehead atoms. The Morgan fingerprint density at radius 3 is 2.65 bits per heavy atom. The van der Waals surface area contributed by atoms with Crippen LogP contribution in [0.2, 0.25) is 0 Å². The molecule has 1 unspecified atom stereocenters. The molecule has 1 aliphatic heterocycles. The second-order valence-electron chi connectivity index (χ2n) is 5.35. The highest BCUT2D eigenvalue weighted by molar-refractivity contribution is 8.13. The van der Waals surface area contributed by atoms with E-state index in [0.29, 0.717) is 13.2 Å². The summed E-state index contributed by atoms with van der Waals surface area (Å²) in [5.41, 5.74) is -0.463. The maximum absolute atomic E-state index is 11.0. The second kappa shape index (κ2) is 6.36. The van der Waals surface area contributed by atoms with Gasteiger partial charge in [0, 0.05) is 22.7 Å². The van der Waals surface area contributed by atoms with Gasteiger partial charge in [0.15, 0.2) is 0 Å². The summed E-state index contributed by atoms with van der Waals surface area (Å²) in [6.45, 7) is 5.36. The number of halogens is 1. The molecule has 6 heteroatoms. The monoisotopic (exact) mass is 284 g/mol. The van der Waals surface area contributed by atoms with Crippen LogP contribution in [0.1, 0.15) is 33.1 Å². The average molecular weight is 285 g/mol. The smallest absolute Gasteiger partial charge is 0.233 e. The zero-order valence-corrected chi connectivity index (χ0v) is 12.0. The molecule has 17 heavy (non-hydrogen) atoms. The average Bonchev–Trinajstić information content (AvgIpc) is 2.15. The molecule has 0 aromatic carbocycles. The molecule has 102 valence electrons. The fourth-order valence-electron chi connectivity index (χ4n) is 1.91. The van der Waals surface area contributed by atoms with Crippen LogP contribution in [0.5, 0.6) is 0 Å². The van der Waals surface area contributed by atoms with Gasteiger partial charge in [0.2, 0.25) is 9.05 Å². The van der Waals surface area contributed by atoms with Crippen LogP contribution >= 0.6 is 10.7 Å².